The van der Waals surface area contributed by atoms with Crippen molar-refractivity contribution >= 4 is 44.7 Å². The van der Waals surface area contributed by atoms with E-state index < -0.39 is 5.41 Å². The average molecular weight is 513 g/mol. The number of para-hydroxylation sites is 2. The molecule has 0 amide bonds. The van der Waals surface area contributed by atoms with Crippen LogP contribution in [0, 0.1) is 5.41 Å². The van der Waals surface area contributed by atoms with Gasteiger partial charge in [0.25, 0.3) is 0 Å². The first-order chi connectivity index (χ1) is 19.1. The summed E-state index contributed by atoms with van der Waals surface area (Å²) < 4.78 is 2.36. The van der Waals surface area contributed by atoms with Crippen LogP contribution in [0.3, 0.4) is 0 Å². The molecule has 1 unspecified atom stereocenters. The van der Waals surface area contributed by atoms with Gasteiger partial charge in [0.15, 0.2) is 0 Å². The molecule has 1 fully saturated rings. The number of fused-ring (bicyclic) bond motifs is 4. The molecule has 5 aromatic rings. The van der Waals surface area contributed by atoms with Crippen LogP contribution in [0.15, 0.2) is 96.8 Å². The predicted octanol–water partition coefficient (Wildman–Crippen LogP) is 6.69. The van der Waals surface area contributed by atoms with Crippen molar-refractivity contribution in [3.63, 3.8) is 0 Å². The summed E-state index contributed by atoms with van der Waals surface area (Å²) in [6.45, 7) is 4.05. The van der Waals surface area contributed by atoms with E-state index in [1.807, 2.05) is 19.2 Å². The zero-order valence-corrected chi connectivity index (χ0v) is 22.2. The molecule has 2 aliphatic rings. The van der Waals surface area contributed by atoms with Crippen molar-refractivity contribution < 1.29 is 4.79 Å². The number of allylic oxidation sites excluding steroid dienone is 4. The molecule has 0 bridgehead atoms. The molecule has 39 heavy (non-hydrogen) atoms. The molecule has 3 heterocycles. The highest BCUT2D eigenvalue weighted by molar-refractivity contribution is 6.16. The third-order valence-corrected chi connectivity index (χ3v) is 8.46. The summed E-state index contributed by atoms with van der Waals surface area (Å²) in [6.07, 6.45) is 10.3. The molecule has 1 saturated heterocycles. The Kier molecular flexibility index (Phi) is 5.82. The van der Waals surface area contributed by atoms with Crippen LogP contribution in [0.2, 0.25) is 0 Å². The van der Waals surface area contributed by atoms with Gasteiger partial charge < -0.3 is 20.0 Å². The van der Waals surface area contributed by atoms with E-state index in [9.17, 15) is 4.79 Å². The maximum atomic E-state index is 12.3. The minimum Gasteiger partial charge on any atom is -0.385 e. The number of carbonyl (C=O) groups is 1. The van der Waals surface area contributed by atoms with Crippen LogP contribution in [0.25, 0.3) is 49.5 Å². The van der Waals surface area contributed by atoms with Crippen LogP contribution in [0.4, 0.5) is 0 Å². The first-order valence-corrected chi connectivity index (χ1v) is 13.9. The molecule has 0 spiro atoms. The summed E-state index contributed by atoms with van der Waals surface area (Å²) in [7, 11) is 0. The topological polar surface area (TPSA) is 59.0 Å². The van der Waals surface area contributed by atoms with Crippen LogP contribution in [-0.2, 0) is 4.79 Å². The maximum Gasteiger partial charge on any atom is 0.132 e. The number of pyridine rings is 1. The Balaban J connectivity index is 1.41. The fourth-order valence-electron chi connectivity index (χ4n) is 6.21. The predicted molar refractivity (Wildman–Crippen MR) is 160 cm³/mol. The molecule has 3 aromatic carbocycles. The summed E-state index contributed by atoms with van der Waals surface area (Å²) in [6, 6.07) is 26.0. The van der Waals surface area contributed by atoms with Crippen molar-refractivity contribution in [1.82, 2.24) is 20.2 Å². The quantitative estimate of drug-likeness (QED) is 0.258. The van der Waals surface area contributed by atoms with E-state index >= 15 is 0 Å². The third kappa shape index (κ3) is 4.05. The third-order valence-electron chi connectivity index (χ3n) is 8.46. The smallest absolute Gasteiger partial charge is 0.132 e. The summed E-state index contributed by atoms with van der Waals surface area (Å²) in [4.78, 5) is 17.1. The second-order valence-electron chi connectivity index (χ2n) is 11.1. The Bertz CT molecular complexity index is 1790. The number of nitrogens with zero attached hydrogens (tertiary/aromatic N) is 2. The highest BCUT2D eigenvalue weighted by atomic mass is 16.1. The number of carbonyl (C=O) groups excluding carboxylic acids is 1. The van der Waals surface area contributed by atoms with Crippen LogP contribution in [0.1, 0.15) is 26.2 Å². The zero-order chi connectivity index (χ0) is 26.4. The molecular weight excluding hydrogens is 480 g/mol. The van der Waals surface area contributed by atoms with Gasteiger partial charge in [0.05, 0.1) is 22.0 Å². The van der Waals surface area contributed by atoms with E-state index in [0.29, 0.717) is 12.5 Å². The molecule has 0 saturated carbocycles. The Morgan fingerprint density at radius 2 is 1.79 bits per heavy atom. The SMILES string of the molecule is CC1(C=O)CC=C(n2c3ccccc3c3c(-c4cnc5ccccc5c4)cccc32)C=C1NC1CCNCC1. The number of hydrogen-bond donors (Lipinski definition) is 2. The maximum absolute atomic E-state index is 12.3. The molecule has 194 valence electrons. The second-order valence-corrected chi connectivity index (χ2v) is 11.1. The van der Waals surface area contributed by atoms with Gasteiger partial charge in [-0.3, -0.25) is 4.98 Å². The first kappa shape index (κ1) is 23.9. The van der Waals surface area contributed by atoms with Gasteiger partial charge in [-0.15, -0.1) is 0 Å². The Hall–Kier alpha value is -4.22. The number of benzene rings is 3. The lowest BCUT2D eigenvalue weighted by molar-refractivity contribution is -0.114. The zero-order valence-electron chi connectivity index (χ0n) is 22.2. The lowest BCUT2D eigenvalue weighted by Crippen LogP contribution is -2.43. The molecule has 5 heteroatoms. The van der Waals surface area contributed by atoms with Gasteiger partial charge in [0, 0.05) is 45.4 Å². The van der Waals surface area contributed by atoms with E-state index in [0.717, 1.165) is 71.1 Å². The summed E-state index contributed by atoms with van der Waals surface area (Å²) in [5, 5.41) is 10.8. The standard InChI is InChI=1S/C34H32N4O/c1-34(22-39)16-13-26(20-32(34)37-25-14-17-35-18-15-25)38-30-11-5-3-8-28(30)33-27(9-6-12-31(33)38)24-19-23-7-2-4-10-29(23)36-21-24/h2-13,19-22,25,35,37H,14-18H2,1H3. The molecule has 2 aromatic heterocycles. The molecule has 7 rings (SSSR count). The van der Waals surface area contributed by atoms with Gasteiger partial charge >= 0.3 is 0 Å². The summed E-state index contributed by atoms with van der Waals surface area (Å²) in [5.74, 6) is 0. The number of aldehydes is 1. The van der Waals surface area contributed by atoms with E-state index in [1.54, 1.807) is 0 Å². The van der Waals surface area contributed by atoms with E-state index in [1.165, 1.54) is 16.3 Å². The van der Waals surface area contributed by atoms with Crippen LogP contribution in [0.5, 0.6) is 0 Å². The minimum absolute atomic E-state index is 0.376. The van der Waals surface area contributed by atoms with Crippen LogP contribution < -0.4 is 10.6 Å². The summed E-state index contributed by atoms with van der Waals surface area (Å²) >= 11 is 0. The van der Waals surface area contributed by atoms with E-state index in [-0.39, 0.29) is 0 Å². The Morgan fingerprint density at radius 3 is 2.67 bits per heavy atom. The van der Waals surface area contributed by atoms with Gasteiger partial charge in [-0.2, -0.15) is 0 Å². The monoisotopic (exact) mass is 512 g/mol. The molecule has 1 aliphatic heterocycles. The fraction of sp³-hybridized carbons (Fsp3) is 0.235. The lowest BCUT2D eigenvalue weighted by atomic mass is 9.80. The number of piperidine rings is 1. The van der Waals surface area contributed by atoms with E-state index in [4.69, 9.17) is 4.98 Å². The Labute approximate surface area is 228 Å². The van der Waals surface area contributed by atoms with Gasteiger partial charge in [-0.25, -0.2) is 0 Å². The Morgan fingerprint density at radius 1 is 1.00 bits per heavy atom. The van der Waals surface area contributed by atoms with Crippen LogP contribution >= 0.6 is 0 Å². The number of rotatable bonds is 5. The highest BCUT2D eigenvalue weighted by Gasteiger charge is 2.33. The van der Waals surface area contributed by atoms with Crippen molar-refractivity contribution in [3.05, 3.63) is 96.8 Å². The largest absolute Gasteiger partial charge is 0.385 e. The molecule has 1 aliphatic carbocycles. The van der Waals surface area contributed by atoms with E-state index in [2.05, 4.69) is 94.1 Å². The number of hydrogen-bond acceptors (Lipinski definition) is 4. The molecule has 0 radical (unpaired) electrons. The first-order valence-electron chi connectivity index (χ1n) is 13.9. The number of nitrogens with one attached hydrogen (secondary N) is 2. The van der Waals surface area contributed by atoms with Gasteiger partial charge in [-0.05, 0) is 75.2 Å². The fourth-order valence-corrected chi connectivity index (χ4v) is 6.21. The lowest BCUT2D eigenvalue weighted by Gasteiger charge is -2.35. The summed E-state index contributed by atoms with van der Waals surface area (Å²) in [5.41, 5.74) is 7.17. The average Bonchev–Trinajstić information content (AvgIpc) is 3.33. The normalized spacial score (nSPS) is 20.2. The van der Waals surface area contributed by atoms with Crippen molar-refractivity contribution in [1.29, 1.82) is 0 Å². The molecule has 5 nitrogen and oxygen atoms in total. The molecular formula is C34H32N4O. The second kappa shape index (κ2) is 9.51. The van der Waals surface area contributed by atoms with Crippen molar-refractivity contribution in [2.45, 2.75) is 32.2 Å². The van der Waals surface area contributed by atoms with Gasteiger partial charge in [0.2, 0.25) is 0 Å². The van der Waals surface area contributed by atoms with Crippen molar-refractivity contribution in [3.8, 4) is 11.1 Å². The van der Waals surface area contributed by atoms with Gasteiger partial charge in [-0.1, -0.05) is 54.6 Å². The molecule has 2 N–H and O–H groups in total. The van der Waals surface area contributed by atoms with Crippen molar-refractivity contribution in [2.75, 3.05) is 13.1 Å². The number of aromatic nitrogens is 2. The minimum atomic E-state index is -0.547. The van der Waals surface area contributed by atoms with Gasteiger partial charge in [0.1, 0.15) is 6.29 Å². The van der Waals surface area contributed by atoms with Crippen molar-refractivity contribution in [2.24, 2.45) is 5.41 Å². The highest BCUT2D eigenvalue weighted by Crippen LogP contribution is 2.41. The molecule has 1 atom stereocenters. The van der Waals surface area contributed by atoms with Crippen LogP contribution in [-0.4, -0.2) is 35.0 Å².